The summed E-state index contributed by atoms with van der Waals surface area (Å²) < 4.78 is 30.9. The number of amides is 1. The number of carbonyl (C=O) groups is 1. The van der Waals surface area contributed by atoms with Crippen molar-refractivity contribution >= 4 is 43.0 Å². The topological polar surface area (TPSA) is 90.3 Å². The minimum absolute atomic E-state index is 0.174. The summed E-state index contributed by atoms with van der Waals surface area (Å²) in [6.45, 7) is 3.39. The molecule has 0 atom stereocenters. The Bertz CT molecular complexity index is 1140. The highest BCUT2D eigenvalue weighted by molar-refractivity contribution is 7.90. The Morgan fingerprint density at radius 1 is 1.29 bits per heavy atom. The number of rotatable bonds is 4. The molecule has 0 spiro atoms. The monoisotopic (exact) mass is 419 g/mol. The van der Waals surface area contributed by atoms with E-state index in [-0.39, 0.29) is 16.8 Å². The number of hydrogen-bond donors (Lipinski definition) is 1. The van der Waals surface area contributed by atoms with Gasteiger partial charge in [0.15, 0.2) is 9.84 Å². The number of nitrogens with one attached hydrogen (secondary N) is 1. The number of benzene rings is 1. The second-order valence-electron chi connectivity index (χ2n) is 6.96. The molecule has 4 rings (SSSR count). The molecule has 3 aromatic rings. The molecule has 1 aliphatic heterocycles. The highest BCUT2D eigenvalue weighted by atomic mass is 32.2. The predicted octanol–water partition coefficient (Wildman–Crippen LogP) is 3.41. The second-order valence-corrected chi connectivity index (χ2v) is 10.0. The molecule has 0 aliphatic carbocycles. The first-order chi connectivity index (χ1) is 13.3. The van der Waals surface area contributed by atoms with Crippen LogP contribution in [-0.4, -0.2) is 43.6 Å². The van der Waals surface area contributed by atoms with Crippen molar-refractivity contribution in [3.63, 3.8) is 0 Å². The molecule has 1 amide bonds. The molecule has 1 aliphatic rings. The Kier molecular flexibility index (Phi) is 4.98. The summed E-state index contributed by atoms with van der Waals surface area (Å²) in [5.41, 5.74) is 1.35. The fraction of sp³-hybridized carbons (Fsp3) is 0.368. The maximum absolute atomic E-state index is 12.7. The lowest BCUT2D eigenvalue weighted by molar-refractivity contribution is 0.0675. The minimum atomic E-state index is -3.33. The minimum Gasteiger partial charge on any atom is -0.381 e. The summed E-state index contributed by atoms with van der Waals surface area (Å²) in [4.78, 5) is 14.5. The highest BCUT2D eigenvalue weighted by Gasteiger charge is 2.23. The molecule has 1 saturated heterocycles. The van der Waals surface area contributed by atoms with E-state index >= 15 is 0 Å². The molecule has 0 radical (unpaired) electrons. The van der Waals surface area contributed by atoms with E-state index in [4.69, 9.17) is 4.74 Å². The zero-order chi connectivity index (χ0) is 19.9. The van der Waals surface area contributed by atoms with Crippen molar-refractivity contribution in [2.75, 3.05) is 24.8 Å². The SMILES string of the molecule is Cc1nn(C2CCOCC2)c2sc(C(=O)Nc3cccc(S(C)(=O)=O)c3)cc12. The summed E-state index contributed by atoms with van der Waals surface area (Å²) in [6.07, 6.45) is 2.96. The van der Waals surface area contributed by atoms with Crippen LogP contribution in [0.3, 0.4) is 0 Å². The molecule has 0 unspecified atom stereocenters. The molecule has 28 heavy (non-hydrogen) atoms. The van der Waals surface area contributed by atoms with E-state index in [0.717, 1.165) is 48.2 Å². The Balaban J connectivity index is 1.62. The molecule has 2 aromatic heterocycles. The fourth-order valence-electron chi connectivity index (χ4n) is 3.36. The standard InChI is InChI=1S/C19H21N3O4S2/c1-12-16-11-17(27-19(16)22(21-12)14-6-8-26-9-7-14)18(23)20-13-4-3-5-15(10-13)28(2,24)25/h3-5,10-11,14H,6-9H2,1-2H3,(H,20,23). The average molecular weight is 420 g/mol. The van der Waals surface area contributed by atoms with E-state index in [9.17, 15) is 13.2 Å². The van der Waals surface area contributed by atoms with Crippen LogP contribution in [-0.2, 0) is 14.6 Å². The number of hydrogen-bond acceptors (Lipinski definition) is 6. The maximum atomic E-state index is 12.7. The number of aryl methyl sites for hydroxylation is 1. The zero-order valence-electron chi connectivity index (χ0n) is 15.6. The number of carbonyl (C=O) groups excluding carboxylic acids is 1. The second kappa shape index (κ2) is 7.31. The van der Waals surface area contributed by atoms with Crippen molar-refractivity contribution in [1.29, 1.82) is 0 Å². The quantitative estimate of drug-likeness (QED) is 0.700. The van der Waals surface area contributed by atoms with Gasteiger partial charge >= 0.3 is 0 Å². The van der Waals surface area contributed by atoms with Crippen LogP contribution in [0.25, 0.3) is 10.2 Å². The van der Waals surface area contributed by atoms with E-state index in [1.54, 1.807) is 12.1 Å². The summed E-state index contributed by atoms with van der Waals surface area (Å²) in [5, 5.41) is 8.45. The van der Waals surface area contributed by atoms with Crippen LogP contribution in [0.1, 0.15) is 34.2 Å². The molecular weight excluding hydrogens is 398 g/mol. The van der Waals surface area contributed by atoms with Crippen LogP contribution in [0.2, 0.25) is 0 Å². The van der Waals surface area contributed by atoms with E-state index < -0.39 is 9.84 Å². The molecule has 9 heteroatoms. The Labute approximate surface area is 167 Å². The molecule has 7 nitrogen and oxygen atoms in total. The molecule has 0 saturated carbocycles. The number of sulfone groups is 1. The van der Waals surface area contributed by atoms with E-state index in [1.807, 2.05) is 17.7 Å². The van der Waals surface area contributed by atoms with Gasteiger partial charge in [-0.1, -0.05) is 6.07 Å². The van der Waals surface area contributed by atoms with Gasteiger partial charge in [-0.25, -0.2) is 8.42 Å². The third-order valence-corrected chi connectivity index (χ3v) is 7.08. The first-order valence-electron chi connectivity index (χ1n) is 9.01. The Morgan fingerprint density at radius 2 is 2.04 bits per heavy atom. The number of anilines is 1. The summed E-state index contributed by atoms with van der Waals surface area (Å²) in [7, 11) is -3.33. The number of ether oxygens (including phenoxy) is 1. The van der Waals surface area contributed by atoms with Crippen LogP contribution in [0.4, 0.5) is 5.69 Å². The van der Waals surface area contributed by atoms with Gasteiger partial charge in [0.05, 0.1) is 21.5 Å². The van der Waals surface area contributed by atoms with E-state index in [2.05, 4.69) is 10.4 Å². The summed E-state index contributed by atoms with van der Waals surface area (Å²) in [5.74, 6) is -0.259. The van der Waals surface area contributed by atoms with Gasteiger partial charge in [-0.2, -0.15) is 5.10 Å². The molecule has 1 fully saturated rings. The fourth-order valence-corrected chi connectivity index (χ4v) is 5.15. The molecular formula is C19H21N3O4S2. The van der Waals surface area contributed by atoms with E-state index in [0.29, 0.717) is 10.6 Å². The van der Waals surface area contributed by atoms with Crippen molar-refractivity contribution in [3.05, 3.63) is 40.9 Å². The Morgan fingerprint density at radius 3 is 2.75 bits per heavy atom. The van der Waals surface area contributed by atoms with Crippen molar-refractivity contribution in [3.8, 4) is 0 Å². The summed E-state index contributed by atoms with van der Waals surface area (Å²) in [6, 6.07) is 8.41. The third kappa shape index (κ3) is 3.69. The first kappa shape index (κ1) is 19.1. The maximum Gasteiger partial charge on any atom is 0.265 e. The first-order valence-corrected chi connectivity index (χ1v) is 11.7. The third-order valence-electron chi connectivity index (χ3n) is 4.85. The van der Waals surface area contributed by atoms with Crippen LogP contribution in [0.5, 0.6) is 0 Å². The number of thiophene rings is 1. The lowest BCUT2D eigenvalue weighted by Gasteiger charge is -2.22. The van der Waals surface area contributed by atoms with Gasteiger partial charge in [-0.05, 0) is 44.0 Å². The van der Waals surface area contributed by atoms with Gasteiger partial charge in [-0.3, -0.25) is 9.48 Å². The summed E-state index contributed by atoms with van der Waals surface area (Å²) >= 11 is 1.40. The molecule has 1 N–H and O–H groups in total. The molecule has 1 aromatic carbocycles. The molecule has 3 heterocycles. The van der Waals surface area contributed by atoms with Crippen molar-refractivity contribution in [2.24, 2.45) is 0 Å². The smallest absolute Gasteiger partial charge is 0.265 e. The van der Waals surface area contributed by atoms with Crippen molar-refractivity contribution in [1.82, 2.24) is 9.78 Å². The normalized spacial score (nSPS) is 15.8. The largest absolute Gasteiger partial charge is 0.381 e. The van der Waals surface area contributed by atoms with Crippen LogP contribution in [0.15, 0.2) is 35.2 Å². The highest BCUT2D eigenvalue weighted by Crippen LogP contribution is 2.33. The van der Waals surface area contributed by atoms with Crippen molar-refractivity contribution in [2.45, 2.75) is 30.7 Å². The van der Waals surface area contributed by atoms with Crippen LogP contribution >= 0.6 is 11.3 Å². The zero-order valence-corrected chi connectivity index (χ0v) is 17.3. The van der Waals surface area contributed by atoms with Crippen LogP contribution < -0.4 is 5.32 Å². The van der Waals surface area contributed by atoms with E-state index in [1.165, 1.54) is 23.5 Å². The average Bonchev–Trinajstić information content (AvgIpc) is 3.23. The number of nitrogens with zero attached hydrogens (tertiary/aromatic N) is 2. The number of fused-ring (bicyclic) bond motifs is 1. The number of aromatic nitrogens is 2. The van der Waals surface area contributed by atoms with Crippen LogP contribution in [0, 0.1) is 6.92 Å². The van der Waals surface area contributed by atoms with Gasteiger partial charge < -0.3 is 10.1 Å². The lowest BCUT2D eigenvalue weighted by Crippen LogP contribution is -2.20. The molecule has 148 valence electrons. The van der Waals surface area contributed by atoms with Gasteiger partial charge in [-0.15, -0.1) is 11.3 Å². The lowest BCUT2D eigenvalue weighted by atomic mass is 10.1. The van der Waals surface area contributed by atoms with Gasteiger partial charge in [0.1, 0.15) is 4.83 Å². The van der Waals surface area contributed by atoms with Crippen molar-refractivity contribution < 1.29 is 17.9 Å². The van der Waals surface area contributed by atoms with Gasteiger partial charge in [0.25, 0.3) is 5.91 Å². The predicted molar refractivity (Wildman–Crippen MR) is 109 cm³/mol. The molecule has 0 bridgehead atoms. The van der Waals surface area contributed by atoms with Gasteiger partial charge in [0, 0.05) is 30.5 Å². The Hall–Kier alpha value is -2.23. The van der Waals surface area contributed by atoms with Gasteiger partial charge in [0.2, 0.25) is 0 Å².